The van der Waals surface area contributed by atoms with Crippen LogP contribution in [0.5, 0.6) is 11.6 Å². The summed E-state index contributed by atoms with van der Waals surface area (Å²) in [4.78, 5) is 8.69. The topological polar surface area (TPSA) is 49.2 Å². The van der Waals surface area contributed by atoms with Crippen LogP contribution in [0.2, 0.25) is 0 Å². The second-order valence-corrected chi connectivity index (χ2v) is 8.07. The van der Waals surface area contributed by atoms with Crippen molar-refractivity contribution < 1.29 is 9.47 Å². The fourth-order valence-corrected chi connectivity index (χ4v) is 3.82. The summed E-state index contributed by atoms with van der Waals surface area (Å²) in [6, 6.07) is 24.9. The Morgan fingerprint density at radius 1 is 0.818 bits per heavy atom. The van der Waals surface area contributed by atoms with Crippen molar-refractivity contribution in [3.05, 3.63) is 108 Å². The fourth-order valence-electron chi connectivity index (χ4n) is 3.82. The van der Waals surface area contributed by atoms with Gasteiger partial charge in [0.25, 0.3) is 0 Å². The van der Waals surface area contributed by atoms with E-state index in [1.807, 2.05) is 43.6 Å². The van der Waals surface area contributed by atoms with E-state index in [0.29, 0.717) is 12.5 Å². The van der Waals surface area contributed by atoms with Gasteiger partial charge in [0.05, 0.1) is 12.8 Å². The molecule has 0 amide bonds. The Morgan fingerprint density at radius 3 is 2.39 bits per heavy atom. The minimum Gasteiger partial charge on any atom is -0.487 e. The first-order valence-electron chi connectivity index (χ1n) is 10.9. The number of aromatic nitrogens is 3. The van der Waals surface area contributed by atoms with Crippen molar-refractivity contribution in [1.29, 1.82) is 0 Å². The molecule has 0 aliphatic rings. The highest BCUT2D eigenvalue weighted by Gasteiger charge is 2.06. The van der Waals surface area contributed by atoms with Crippen LogP contribution in [0.3, 0.4) is 0 Å². The summed E-state index contributed by atoms with van der Waals surface area (Å²) in [5.74, 6) is 1.47. The fraction of sp³-hybridized carbons (Fsp3) is 0.143. The number of ether oxygens (including phenoxy) is 2. The second-order valence-electron chi connectivity index (χ2n) is 8.07. The van der Waals surface area contributed by atoms with Crippen molar-refractivity contribution in [2.24, 2.45) is 0 Å². The molecule has 0 aliphatic heterocycles. The van der Waals surface area contributed by atoms with Gasteiger partial charge in [-0.15, -0.1) is 0 Å². The number of methoxy groups -OCH3 is 1. The molecule has 0 bridgehead atoms. The van der Waals surface area contributed by atoms with Crippen molar-refractivity contribution in [3.63, 3.8) is 0 Å². The Kier molecular flexibility index (Phi) is 5.77. The molecule has 0 radical (unpaired) electrons. The molecule has 5 rings (SSSR count). The predicted molar refractivity (Wildman–Crippen MR) is 131 cm³/mol. The average Bonchev–Trinajstić information content (AvgIpc) is 3.26. The summed E-state index contributed by atoms with van der Waals surface area (Å²) in [5.41, 5.74) is 6.70. The molecular weight excluding hydrogens is 410 g/mol. The average molecular weight is 436 g/mol. The molecule has 0 unspecified atom stereocenters. The van der Waals surface area contributed by atoms with Crippen LogP contribution < -0.4 is 9.47 Å². The SMILES string of the molecule is COc1ccc(-c2ccc(Cn3ccc4cc(OCc5ccc(C)cn5)ccc43)cc2)cn1. The Labute approximate surface area is 193 Å². The lowest BCUT2D eigenvalue weighted by Crippen LogP contribution is -1.99. The number of aryl methyl sites for hydroxylation is 1. The van der Waals surface area contributed by atoms with E-state index < -0.39 is 0 Å². The molecule has 164 valence electrons. The van der Waals surface area contributed by atoms with Crippen LogP contribution in [0.1, 0.15) is 16.8 Å². The summed E-state index contributed by atoms with van der Waals surface area (Å²) in [6.45, 7) is 3.30. The van der Waals surface area contributed by atoms with Crippen LogP contribution in [-0.4, -0.2) is 21.6 Å². The third-order valence-electron chi connectivity index (χ3n) is 5.69. The first-order chi connectivity index (χ1) is 16.2. The van der Waals surface area contributed by atoms with Gasteiger partial charge < -0.3 is 14.0 Å². The van der Waals surface area contributed by atoms with Gasteiger partial charge in [-0.05, 0) is 60.0 Å². The lowest BCUT2D eigenvalue weighted by atomic mass is 10.1. The number of benzene rings is 2. The molecule has 0 aliphatic carbocycles. The molecule has 0 atom stereocenters. The maximum atomic E-state index is 5.95. The maximum Gasteiger partial charge on any atom is 0.212 e. The van der Waals surface area contributed by atoms with E-state index in [2.05, 4.69) is 69.3 Å². The summed E-state index contributed by atoms with van der Waals surface area (Å²) in [7, 11) is 1.62. The molecule has 0 N–H and O–H groups in total. The number of rotatable bonds is 7. The van der Waals surface area contributed by atoms with Crippen molar-refractivity contribution in [1.82, 2.24) is 14.5 Å². The predicted octanol–water partition coefficient (Wildman–Crippen LogP) is 6.04. The number of nitrogens with zero attached hydrogens (tertiary/aromatic N) is 3. The lowest BCUT2D eigenvalue weighted by molar-refractivity contribution is 0.301. The van der Waals surface area contributed by atoms with E-state index in [-0.39, 0.29) is 0 Å². The van der Waals surface area contributed by atoms with Gasteiger partial charge in [-0.25, -0.2) is 4.98 Å². The zero-order valence-corrected chi connectivity index (χ0v) is 18.7. The summed E-state index contributed by atoms with van der Waals surface area (Å²) >= 11 is 0. The molecule has 3 heterocycles. The Morgan fingerprint density at radius 2 is 1.67 bits per heavy atom. The molecule has 2 aromatic carbocycles. The first kappa shape index (κ1) is 20.8. The standard InChI is InChI=1S/C28H25N3O2/c1-20-3-9-25(29-16-20)19-33-26-10-11-27-23(15-26)13-14-31(27)18-21-4-6-22(7-5-21)24-8-12-28(32-2)30-17-24/h3-17H,18-19H2,1-2H3. The third-order valence-corrected chi connectivity index (χ3v) is 5.69. The summed E-state index contributed by atoms with van der Waals surface area (Å²) < 4.78 is 13.3. The van der Waals surface area contributed by atoms with Gasteiger partial charge >= 0.3 is 0 Å². The largest absolute Gasteiger partial charge is 0.487 e. The molecule has 5 aromatic rings. The Hall–Kier alpha value is -4.12. The number of fused-ring (bicyclic) bond motifs is 1. The molecule has 0 fully saturated rings. The van der Waals surface area contributed by atoms with Gasteiger partial charge in [-0.1, -0.05) is 30.3 Å². The Bertz CT molecular complexity index is 1360. The molecule has 5 heteroatoms. The quantitative estimate of drug-likeness (QED) is 0.313. The normalized spacial score (nSPS) is 11.0. The van der Waals surface area contributed by atoms with Crippen LogP contribution in [0, 0.1) is 6.92 Å². The molecule has 5 nitrogen and oxygen atoms in total. The first-order valence-corrected chi connectivity index (χ1v) is 10.9. The highest BCUT2D eigenvalue weighted by Crippen LogP contribution is 2.25. The van der Waals surface area contributed by atoms with E-state index in [0.717, 1.165) is 40.1 Å². The van der Waals surface area contributed by atoms with Crippen LogP contribution in [0.25, 0.3) is 22.0 Å². The van der Waals surface area contributed by atoms with Gasteiger partial charge in [0.15, 0.2) is 0 Å². The minimum absolute atomic E-state index is 0.461. The minimum atomic E-state index is 0.461. The van der Waals surface area contributed by atoms with Crippen molar-refractivity contribution in [2.75, 3.05) is 7.11 Å². The zero-order valence-electron chi connectivity index (χ0n) is 18.7. The van der Waals surface area contributed by atoms with Crippen LogP contribution in [0.4, 0.5) is 0 Å². The summed E-state index contributed by atoms with van der Waals surface area (Å²) in [5, 5.41) is 1.16. The zero-order chi connectivity index (χ0) is 22.6. The number of pyridine rings is 2. The highest BCUT2D eigenvalue weighted by atomic mass is 16.5. The van der Waals surface area contributed by atoms with E-state index in [4.69, 9.17) is 9.47 Å². The number of hydrogen-bond donors (Lipinski definition) is 0. The second kappa shape index (κ2) is 9.17. The van der Waals surface area contributed by atoms with Gasteiger partial charge in [0, 0.05) is 47.7 Å². The lowest BCUT2D eigenvalue weighted by Gasteiger charge is -2.09. The molecule has 0 saturated heterocycles. The molecule has 3 aromatic heterocycles. The van der Waals surface area contributed by atoms with Crippen LogP contribution >= 0.6 is 0 Å². The van der Waals surface area contributed by atoms with E-state index >= 15 is 0 Å². The monoisotopic (exact) mass is 435 g/mol. The van der Waals surface area contributed by atoms with Crippen LogP contribution in [-0.2, 0) is 13.2 Å². The van der Waals surface area contributed by atoms with Gasteiger partial charge in [0.2, 0.25) is 5.88 Å². The molecular formula is C28H25N3O2. The molecule has 0 spiro atoms. The van der Waals surface area contributed by atoms with Gasteiger partial charge in [0.1, 0.15) is 12.4 Å². The maximum absolute atomic E-state index is 5.95. The summed E-state index contributed by atoms with van der Waals surface area (Å²) in [6.07, 6.45) is 5.82. The van der Waals surface area contributed by atoms with Crippen LogP contribution in [0.15, 0.2) is 91.4 Å². The van der Waals surface area contributed by atoms with E-state index in [1.165, 1.54) is 11.1 Å². The van der Waals surface area contributed by atoms with E-state index in [9.17, 15) is 0 Å². The van der Waals surface area contributed by atoms with Crippen molar-refractivity contribution in [3.8, 4) is 22.8 Å². The van der Waals surface area contributed by atoms with Crippen molar-refractivity contribution >= 4 is 10.9 Å². The van der Waals surface area contributed by atoms with Crippen molar-refractivity contribution in [2.45, 2.75) is 20.1 Å². The third kappa shape index (κ3) is 4.72. The molecule has 33 heavy (non-hydrogen) atoms. The van der Waals surface area contributed by atoms with Gasteiger partial charge in [-0.2, -0.15) is 0 Å². The number of hydrogen-bond acceptors (Lipinski definition) is 4. The Balaban J connectivity index is 1.27. The highest BCUT2D eigenvalue weighted by molar-refractivity contribution is 5.81. The van der Waals surface area contributed by atoms with Gasteiger partial charge in [-0.3, -0.25) is 4.98 Å². The smallest absolute Gasteiger partial charge is 0.212 e. The molecule has 0 saturated carbocycles. The van der Waals surface area contributed by atoms with E-state index in [1.54, 1.807) is 7.11 Å².